The number of hydrogen-bond acceptors (Lipinski definition) is 4. The fourth-order valence-corrected chi connectivity index (χ4v) is 3.05. The summed E-state index contributed by atoms with van der Waals surface area (Å²) >= 11 is 0. The van der Waals surface area contributed by atoms with E-state index >= 15 is 0 Å². The predicted molar refractivity (Wildman–Crippen MR) is 79.7 cm³/mol. The fourth-order valence-electron chi connectivity index (χ4n) is 1.78. The first-order valence-corrected chi connectivity index (χ1v) is 8.28. The van der Waals surface area contributed by atoms with Crippen LogP contribution >= 0.6 is 0 Å². The number of anilines is 1. The highest BCUT2D eigenvalue weighted by atomic mass is 32.2. The third kappa shape index (κ3) is 4.16. The summed E-state index contributed by atoms with van der Waals surface area (Å²) in [5.74, 6) is -0.189. The van der Waals surface area contributed by atoms with Gasteiger partial charge in [0.1, 0.15) is 0 Å². The molecule has 0 fully saturated rings. The standard InChI is InChI=1S/C14H17N3O3S/c1-2-11-10-13(17-16-11)15-14(18)8-9-21(19,20)12-6-4-3-5-7-12/h3-7,10H,2,8-9H2,1H3,(H2,15,16,17,18). The van der Waals surface area contributed by atoms with Crippen LogP contribution in [0.2, 0.25) is 0 Å². The first-order valence-electron chi connectivity index (χ1n) is 6.63. The molecule has 1 aromatic heterocycles. The van der Waals surface area contributed by atoms with Crippen LogP contribution in [0.4, 0.5) is 5.82 Å². The van der Waals surface area contributed by atoms with Gasteiger partial charge in [0.05, 0.1) is 10.6 Å². The smallest absolute Gasteiger partial charge is 0.226 e. The third-order valence-corrected chi connectivity index (χ3v) is 4.71. The number of sulfone groups is 1. The molecule has 2 rings (SSSR count). The number of rotatable bonds is 6. The molecule has 6 nitrogen and oxygen atoms in total. The topological polar surface area (TPSA) is 91.9 Å². The Labute approximate surface area is 123 Å². The Morgan fingerprint density at radius 3 is 2.62 bits per heavy atom. The van der Waals surface area contributed by atoms with E-state index in [9.17, 15) is 13.2 Å². The second kappa shape index (κ2) is 6.53. The Kier molecular flexibility index (Phi) is 4.74. The van der Waals surface area contributed by atoms with Crippen molar-refractivity contribution in [3.63, 3.8) is 0 Å². The van der Waals surface area contributed by atoms with Crippen molar-refractivity contribution in [2.24, 2.45) is 0 Å². The number of carbonyl (C=O) groups is 1. The van der Waals surface area contributed by atoms with Gasteiger partial charge in [-0.15, -0.1) is 0 Å². The lowest BCUT2D eigenvalue weighted by Crippen LogP contribution is -2.17. The minimum atomic E-state index is -3.44. The van der Waals surface area contributed by atoms with Gasteiger partial charge >= 0.3 is 0 Å². The number of nitrogens with one attached hydrogen (secondary N) is 2. The Morgan fingerprint density at radius 2 is 2.00 bits per heavy atom. The van der Waals surface area contributed by atoms with Gasteiger partial charge in [0.25, 0.3) is 0 Å². The molecule has 2 N–H and O–H groups in total. The molecule has 0 unspecified atom stereocenters. The molecule has 0 aliphatic rings. The average Bonchev–Trinajstić information content (AvgIpc) is 2.94. The molecule has 7 heteroatoms. The van der Waals surface area contributed by atoms with Crippen LogP contribution < -0.4 is 5.32 Å². The van der Waals surface area contributed by atoms with Crippen LogP contribution in [-0.2, 0) is 21.1 Å². The zero-order chi connectivity index (χ0) is 15.3. The highest BCUT2D eigenvalue weighted by molar-refractivity contribution is 7.91. The number of hydrogen-bond donors (Lipinski definition) is 2. The van der Waals surface area contributed by atoms with Gasteiger partial charge in [-0.2, -0.15) is 5.10 Å². The van der Waals surface area contributed by atoms with Crippen LogP contribution in [0.1, 0.15) is 19.0 Å². The van der Waals surface area contributed by atoms with Crippen molar-refractivity contribution in [2.75, 3.05) is 11.1 Å². The van der Waals surface area contributed by atoms with E-state index in [4.69, 9.17) is 0 Å². The molecule has 0 radical (unpaired) electrons. The van der Waals surface area contributed by atoms with E-state index in [0.29, 0.717) is 5.82 Å². The molecule has 0 aliphatic heterocycles. The lowest BCUT2D eigenvalue weighted by Gasteiger charge is -2.04. The summed E-state index contributed by atoms with van der Waals surface area (Å²) in [6.45, 7) is 1.96. The molecule has 1 amide bonds. The summed E-state index contributed by atoms with van der Waals surface area (Å²) in [4.78, 5) is 12.0. The van der Waals surface area contributed by atoms with Crippen LogP contribution in [0.3, 0.4) is 0 Å². The van der Waals surface area contributed by atoms with Crippen molar-refractivity contribution in [1.82, 2.24) is 10.2 Å². The number of aromatic amines is 1. The quantitative estimate of drug-likeness (QED) is 0.851. The zero-order valence-electron chi connectivity index (χ0n) is 11.7. The van der Waals surface area contributed by atoms with Gasteiger partial charge in [0.15, 0.2) is 15.7 Å². The molecule has 21 heavy (non-hydrogen) atoms. The van der Waals surface area contributed by atoms with Crippen molar-refractivity contribution in [3.8, 4) is 0 Å². The molecule has 1 aromatic carbocycles. The van der Waals surface area contributed by atoms with Gasteiger partial charge in [-0.3, -0.25) is 9.89 Å². The van der Waals surface area contributed by atoms with Crippen molar-refractivity contribution >= 4 is 21.6 Å². The predicted octanol–water partition coefficient (Wildman–Crippen LogP) is 1.77. The Bertz CT molecular complexity index is 708. The van der Waals surface area contributed by atoms with Crippen molar-refractivity contribution in [1.29, 1.82) is 0 Å². The van der Waals surface area contributed by atoms with Crippen molar-refractivity contribution < 1.29 is 13.2 Å². The SMILES string of the molecule is CCc1cc(NC(=O)CCS(=O)(=O)c2ccccc2)n[nH]1. The molecule has 112 valence electrons. The van der Waals surface area contributed by atoms with Crippen LogP contribution in [0, 0.1) is 0 Å². The van der Waals surface area contributed by atoms with Crippen LogP contribution in [0.25, 0.3) is 0 Å². The van der Waals surface area contributed by atoms with E-state index in [1.165, 1.54) is 12.1 Å². The summed E-state index contributed by atoms with van der Waals surface area (Å²) in [5, 5.41) is 9.27. The number of benzene rings is 1. The maximum Gasteiger partial charge on any atom is 0.226 e. The second-order valence-electron chi connectivity index (χ2n) is 4.56. The molecular weight excluding hydrogens is 290 g/mol. The van der Waals surface area contributed by atoms with E-state index in [1.807, 2.05) is 6.92 Å². The molecule has 0 atom stereocenters. The van der Waals surface area contributed by atoms with E-state index < -0.39 is 9.84 Å². The Hall–Kier alpha value is -2.15. The van der Waals surface area contributed by atoms with Gasteiger partial charge in [-0.1, -0.05) is 25.1 Å². The van der Waals surface area contributed by atoms with Crippen LogP contribution in [0.15, 0.2) is 41.3 Å². The minimum Gasteiger partial charge on any atom is -0.309 e. The monoisotopic (exact) mass is 307 g/mol. The molecule has 0 saturated heterocycles. The lowest BCUT2D eigenvalue weighted by molar-refractivity contribution is -0.115. The molecule has 2 aromatic rings. The number of carbonyl (C=O) groups excluding carboxylic acids is 1. The first kappa shape index (κ1) is 15.2. The highest BCUT2D eigenvalue weighted by Gasteiger charge is 2.16. The number of nitrogens with zero attached hydrogens (tertiary/aromatic N) is 1. The Morgan fingerprint density at radius 1 is 1.29 bits per heavy atom. The minimum absolute atomic E-state index is 0.106. The van der Waals surface area contributed by atoms with Crippen molar-refractivity contribution in [2.45, 2.75) is 24.7 Å². The van der Waals surface area contributed by atoms with Crippen LogP contribution in [-0.4, -0.2) is 30.3 Å². The highest BCUT2D eigenvalue weighted by Crippen LogP contribution is 2.12. The molecule has 0 spiro atoms. The van der Waals surface area contributed by atoms with Gasteiger partial charge in [-0.05, 0) is 18.6 Å². The van der Waals surface area contributed by atoms with Gasteiger partial charge in [-0.25, -0.2) is 8.42 Å². The summed E-state index contributed by atoms with van der Waals surface area (Å²) < 4.78 is 24.1. The molecular formula is C14H17N3O3S. The maximum absolute atomic E-state index is 12.0. The summed E-state index contributed by atoms with van der Waals surface area (Å²) in [7, 11) is -3.44. The molecule has 1 heterocycles. The molecule has 0 bridgehead atoms. The fraction of sp³-hybridized carbons (Fsp3) is 0.286. The molecule has 0 aliphatic carbocycles. The van der Waals surface area contributed by atoms with Gasteiger partial charge in [0.2, 0.25) is 5.91 Å². The van der Waals surface area contributed by atoms with Crippen LogP contribution in [0.5, 0.6) is 0 Å². The second-order valence-corrected chi connectivity index (χ2v) is 6.67. The van der Waals surface area contributed by atoms with Gasteiger partial charge in [0, 0.05) is 18.2 Å². The van der Waals surface area contributed by atoms with E-state index in [-0.39, 0.29) is 23.0 Å². The maximum atomic E-state index is 12.0. The van der Waals surface area contributed by atoms with Gasteiger partial charge < -0.3 is 5.32 Å². The average molecular weight is 307 g/mol. The summed E-state index contributed by atoms with van der Waals surface area (Å²) in [6, 6.07) is 9.83. The van der Waals surface area contributed by atoms with Crippen molar-refractivity contribution in [3.05, 3.63) is 42.1 Å². The summed E-state index contributed by atoms with van der Waals surface area (Å²) in [5.41, 5.74) is 0.905. The number of amides is 1. The first-order chi connectivity index (χ1) is 10.0. The lowest BCUT2D eigenvalue weighted by atomic mass is 10.3. The third-order valence-electron chi connectivity index (χ3n) is 2.98. The number of aromatic nitrogens is 2. The van der Waals surface area contributed by atoms with E-state index in [2.05, 4.69) is 15.5 Å². The van der Waals surface area contributed by atoms with E-state index in [0.717, 1.165) is 12.1 Å². The summed E-state index contributed by atoms with van der Waals surface area (Å²) in [6.07, 6.45) is 0.677. The number of H-pyrrole nitrogens is 1. The zero-order valence-corrected chi connectivity index (χ0v) is 12.5. The largest absolute Gasteiger partial charge is 0.309 e. The number of aryl methyl sites for hydroxylation is 1. The molecule has 0 saturated carbocycles. The Balaban J connectivity index is 1.92. The van der Waals surface area contributed by atoms with E-state index in [1.54, 1.807) is 24.3 Å². The normalized spacial score (nSPS) is 11.3.